The van der Waals surface area contributed by atoms with E-state index in [1.807, 2.05) is 6.92 Å². The summed E-state index contributed by atoms with van der Waals surface area (Å²) in [7, 11) is 0. The van der Waals surface area contributed by atoms with Gasteiger partial charge in [0, 0.05) is 17.7 Å². The molecule has 3 rings (SSSR count). The van der Waals surface area contributed by atoms with E-state index < -0.39 is 17.5 Å². The maximum absolute atomic E-state index is 13.2. The van der Waals surface area contributed by atoms with Gasteiger partial charge in [-0.15, -0.1) is 0 Å². The Hall–Kier alpha value is -2.76. The lowest BCUT2D eigenvalue weighted by atomic mass is 10.2. The van der Waals surface area contributed by atoms with Crippen LogP contribution in [-0.2, 0) is 6.42 Å². The van der Waals surface area contributed by atoms with Gasteiger partial charge in [0.25, 0.3) is 5.91 Å². The summed E-state index contributed by atoms with van der Waals surface area (Å²) in [6.45, 7) is 1.99. The molecule has 0 atom stereocenters. The second kappa shape index (κ2) is 5.55. The molecule has 0 unspecified atom stereocenters. The van der Waals surface area contributed by atoms with Crippen LogP contribution in [0.5, 0.6) is 0 Å². The van der Waals surface area contributed by atoms with Gasteiger partial charge in [-0.1, -0.05) is 6.92 Å². The number of fused-ring (bicyclic) bond motifs is 1. The summed E-state index contributed by atoms with van der Waals surface area (Å²) in [6.07, 6.45) is 0.783. The summed E-state index contributed by atoms with van der Waals surface area (Å²) in [5.74, 6) is -1.68. The van der Waals surface area contributed by atoms with Crippen LogP contribution in [0.4, 0.5) is 14.5 Å². The number of aromatic amines is 1. The molecule has 0 radical (unpaired) electrons. The number of anilines is 1. The van der Waals surface area contributed by atoms with Crippen molar-refractivity contribution in [2.24, 2.45) is 0 Å². The number of aromatic nitrogens is 2. The number of amides is 1. The van der Waals surface area contributed by atoms with Gasteiger partial charge in [-0.25, -0.2) is 13.8 Å². The molecule has 0 aliphatic heterocycles. The molecule has 1 amide bonds. The molecule has 0 saturated heterocycles. The van der Waals surface area contributed by atoms with E-state index in [-0.39, 0.29) is 5.56 Å². The first-order chi connectivity index (χ1) is 10.6. The van der Waals surface area contributed by atoms with Gasteiger partial charge in [0.2, 0.25) is 0 Å². The summed E-state index contributed by atoms with van der Waals surface area (Å²) in [5.41, 5.74) is 2.22. The van der Waals surface area contributed by atoms with Crippen LogP contribution in [0.25, 0.3) is 11.0 Å². The van der Waals surface area contributed by atoms with Crippen LogP contribution in [0, 0.1) is 11.6 Å². The van der Waals surface area contributed by atoms with Crippen molar-refractivity contribution in [3.63, 3.8) is 0 Å². The van der Waals surface area contributed by atoms with Crippen LogP contribution in [-0.4, -0.2) is 15.9 Å². The molecule has 0 saturated carbocycles. The van der Waals surface area contributed by atoms with Crippen molar-refractivity contribution in [1.29, 1.82) is 0 Å². The molecule has 4 nitrogen and oxygen atoms in total. The molecule has 0 aliphatic carbocycles. The maximum atomic E-state index is 13.2. The Morgan fingerprint density at radius 2 is 2.00 bits per heavy atom. The fourth-order valence-electron chi connectivity index (χ4n) is 2.15. The van der Waals surface area contributed by atoms with Crippen molar-refractivity contribution in [3.05, 3.63) is 59.4 Å². The number of hydrogen-bond donors (Lipinski definition) is 2. The van der Waals surface area contributed by atoms with E-state index in [1.54, 1.807) is 18.2 Å². The number of aryl methyl sites for hydroxylation is 1. The molecule has 6 heteroatoms. The third kappa shape index (κ3) is 2.67. The fourth-order valence-corrected chi connectivity index (χ4v) is 2.15. The average molecular weight is 301 g/mol. The predicted octanol–water partition coefficient (Wildman–Crippen LogP) is 3.66. The molecule has 112 valence electrons. The van der Waals surface area contributed by atoms with Gasteiger partial charge in [-0.3, -0.25) is 4.79 Å². The maximum Gasteiger partial charge on any atom is 0.255 e. The normalized spacial score (nSPS) is 10.9. The number of benzene rings is 2. The second-order valence-corrected chi connectivity index (χ2v) is 4.85. The first-order valence-corrected chi connectivity index (χ1v) is 6.82. The molecule has 0 bridgehead atoms. The van der Waals surface area contributed by atoms with Gasteiger partial charge >= 0.3 is 0 Å². The summed E-state index contributed by atoms with van der Waals surface area (Å²) < 4.78 is 26.0. The highest BCUT2D eigenvalue weighted by Crippen LogP contribution is 2.18. The zero-order valence-electron chi connectivity index (χ0n) is 11.8. The van der Waals surface area contributed by atoms with Crippen molar-refractivity contribution < 1.29 is 13.6 Å². The summed E-state index contributed by atoms with van der Waals surface area (Å²) in [4.78, 5) is 19.6. The van der Waals surface area contributed by atoms with Gasteiger partial charge in [-0.05, 0) is 36.4 Å². The highest BCUT2D eigenvalue weighted by atomic mass is 19.2. The zero-order valence-corrected chi connectivity index (χ0v) is 11.8. The number of rotatable bonds is 3. The molecule has 2 N–H and O–H groups in total. The smallest absolute Gasteiger partial charge is 0.255 e. The number of nitrogens with one attached hydrogen (secondary N) is 2. The fraction of sp³-hybridized carbons (Fsp3) is 0.125. The SMILES string of the molecule is CCc1nc2ccc(NC(=O)c3ccc(F)c(F)c3)cc2[nH]1. The van der Waals surface area contributed by atoms with Gasteiger partial charge in [0.05, 0.1) is 11.0 Å². The first kappa shape index (κ1) is 14.2. The number of carbonyl (C=O) groups excluding carboxylic acids is 1. The van der Waals surface area contributed by atoms with E-state index in [0.717, 1.165) is 35.4 Å². The number of H-pyrrole nitrogens is 1. The van der Waals surface area contributed by atoms with E-state index in [0.29, 0.717) is 5.69 Å². The zero-order chi connectivity index (χ0) is 15.7. The van der Waals surface area contributed by atoms with E-state index in [4.69, 9.17) is 0 Å². The van der Waals surface area contributed by atoms with Gasteiger partial charge < -0.3 is 10.3 Å². The van der Waals surface area contributed by atoms with E-state index in [2.05, 4.69) is 15.3 Å². The quantitative estimate of drug-likeness (QED) is 0.775. The van der Waals surface area contributed by atoms with E-state index >= 15 is 0 Å². The Kier molecular flexibility index (Phi) is 3.58. The van der Waals surface area contributed by atoms with Crippen LogP contribution in [0.15, 0.2) is 36.4 Å². The summed E-state index contributed by atoms with van der Waals surface area (Å²) in [5, 5.41) is 2.65. The Labute approximate surface area is 125 Å². The lowest BCUT2D eigenvalue weighted by Gasteiger charge is -2.05. The van der Waals surface area contributed by atoms with Crippen LogP contribution in [0.1, 0.15) is 23.1 Å². The molecule has 0 fully saturated rings. The Morgan fingerprint density at radius 3 is 2.73 bits per heavy atom. The molecular formula is C16H13F2N3O. The monoisotopic (exact) mass is 301 g/mol. The number of nitrogens with zero attached hydrogens (tertiary/aromatic N) is 1. The highest BCUT2D eigenvalue weighted by Gasteiger charge is 2.11. The number of halogens is 2. The Morgan fingerprint density at radius 1 is 1.18 bits per heavy atom. The topological polar surface area (TPSA) is 57.8 Å². The van der Waals surface area contributed by atoms with E-state index in [9.17, 15) is 13.6 Å². The molecule has 2 aromatic carbocycles. The lowest BCUT2D eigenvalue weighted by Crippen LogP contribution is -2.12. The lowest BCUT2D eigenvalue weighted by molar-refractivity contribution is 0.102. The molecule has 1 aromatic heterocycles. The molecule has 0 aliphatic rings. The van der Waals surface area contributed by atoms with Gasteiger partial charge in [-0.2, -0.15) is 0 Å². The second-order valence-electron chi connectivity index (χ2n) is 4.85. The van der Waals surface area contributed by atoms with Crippen molar-refractivity contribution in [3.8, 4) is 0 Å². The van der Waals surface area contributed by atoms with Crippen LogP contribution < -0.4 is 5.32 Å². The Bertz CT molecular complexity index is 858. The number of carbonyl (C=O) groups is 1. The minimum absolute atomic E-state index is 0.0536. The van der Waals surface area contributed by atoms with E-state index in [1.165, 1.54) is 6.07 Å². The number of imidazole rings is 1. The molecule has 1 heterocycles. The van der Waals surface area contributed by atoms with Crippen LogP contribution >= 0.6 is 0 Å². The molecule has 3 aromatic rings. The average Bonchev–Trinajstić information content (AvgIpc) is 2.92. The van der Waals surface area contributed by atoms with Crippen molar-refractivity contribution in [2.75, 3.05) is 5.32 Å². The number of hydrogen-bond acceptors (Lipinski definition) is 2. The summed E-state index contributed by atoms with van der Waals surface area (Å²) in [6, 6.07) is 8.27. The third-order valence-corrected chi connectivity index (χ3v) is 3.31. The van der Waals surface area contributed by atoms with Crippen molar-refractivity contribution in [1.82, 2.24) is 9.97 Å². The van der Waals surface area contributed by atoms with Crippen LogP contribution in [0.2, 0.25) is 0 Å². The molecule has 22 heavy (non-hydrogen) atoms. The molecular weight excluding hydrogens is 288 g/mol. The predicted molar refractivity (Wildman–Crippen MR) is 79.8 cm³/mol. The largest absolute Gasteiger partial charge is 0.342 e. The minimum atomic E-state index is -1.05. The minimum Gasteiger partial charge on any atom is -0.342 e. The van der Waals surface area contributed by atoms with Crippen molar-refractivity contribution >= 4 is 22.6 Å². The highest BCUT2D eigenvalue weighted by molar-refractivity contribution is 6.04. The van der Waals surface area contributed by atoms with Gasteiger partial charge in [0.15, 0.2) is 11.6 Å². The van der Waals surface area contributed by atoms with Crippen molar-refractivity contribution in [2.45, 2.75) is 13.3 Å². The Balaban J connectivity index is 1.85. The van der Waals surface area contributed by atoms with Gasteiger partial charge in [0.1, 0.15) is 5.82 Å². The standard InChI is InChI=1S/C16H13F2N3O/c1-2-15-20-13-6-4-10(8-14(13)21-15)19-16(22)9-3-5-11(17)12(18)7-9/h3-8H,2H2,1H3,(H,19,22)(H,20,21). The van der Waals surface area contributed by atoms with Crippen LogP contribution in [0.3, 0.4) is 0 Å². The molecule has 0 spiro atoms. The summed E-state index contributed by atoms with van der Waals surface area (Å²) >= 11 is 0. The first-order valence-electron chi connectivity index (χ1n) is 6.82. The third-order valence-electron chi connectivity index (χ3n) is 3.31.